The van der Waals surface area contributed by atoms with Gasteiger partial charge >= 0.3 is 0 Å². The van der Waals surface area contributed by atoms with Crippen LogP contribution in [0.4, 0.5) is 4.39 Å². The van der Waals surface area contributed by atoms with Crippen molar-refractivity contribution >= 4 is 16.9 Å². The zero-order chi connectivity index (χ0) is 19.7. The van der Waals surface area contributed by atoms with Gasteiger partial charge in [-0.3, -0.25) is 4.79 Å². The van der Waals surface area contributed by atoms with E-state index in [-0.39, 0.29) is 23.7 Å². The van der Waals surface area contributed by atoms with Crippen molar-refractivity contribution in [2.45, 2.75) is 25.9 Å². The van der Waals surface area contributed by atoms with Gasteiger partial charge in [-0.25, -0.2) is 4.98 Å². The molecule has 28 heavy (non-hydrogen) atoms. The summed E-state index contributed by atoms with van der Waals surface area (Å²) in [5, 5.41) is 0.796. The van der Waals surface area contributed by atoms with Gasteiger partial charge in [-0.15, -0.1) is 0 Å². The molecule has 0 bridgehead atoms. The molecule has 7 nitrogen and oxygen atoms in total. The van der Waals surface area contributed by atoms with Gasteiger partial charge in [0.2, 0.25) is 5.82 Å². The zero-order valence-electron chi connectivity index (χ0n) is 15.6. The van der Waals surface area contributed by atoms with Crippen molar-refractivity contribution in [1.29, 1.82) is 0 Å². The molecule has 8 heteroatoms. The fourth-order valence-corrected chi connectivity index (χ4v) is 3.34. The number of benzene rings is 1. The lowest BCUT2D eigenvalue weighted by atomic mass is 10.2. The highest BCUT2D eigenvalue weighted by Crippen LogP contribution is 2.30. The molecule has 4 rings (SSSR count). The molecule has 0 saturated carbocycles. The van der Waals surface area contributed by atoms with Crippen molar-refractivity contribution < 1.29 is 23.1 Å². The van der Waals surface area contributed by atoms with E-state index in [0.717, 1.165) is 5.39 Å². The third-order valence-electron chi connectivity index (χ3n) is 4.81. The van der Waals surface area contributed by atoms with E-state index in [1.54, 1.807) is 24.1 Å². The normalized spacial score (nSPS) is 16.5. The van der Waals surface area contributed by atoms with Crippen LogP contribution in [-0.2, 0) is 6.42 Å². The molecule has 0 N–H and O–H groups in total. The van der Waals surface area contributed by atoms with Crippen LogP contribution in [0.3, 0.4) is 0 Å². The summed E-state index contributed by atoms with van der Waals surface area (Å²) in [5.74, 6) is -0.0349. The van der Waals surface area contributed by atoms with E-state index in [2.05, 4.69) is 9.97 Å². The molecule has 2 aromatic heterocycles. The van der Waals surface area contributed by atoms with Gasteiger partial charge in [0.15, 0.2) is 17.1 Å². The minimum atomic E-state index is -0.542. The number of aromatic nitrogens is 2. The maximum Gasteiger partial charge on any atom is 0.289 e. The summed E-state index contributed by atoms with van der Waals surface area (Å²) < 4.78 is 31.0. The van der Waals surface area contributed by atoms with Crippen LogP contribution >= 0.6 is 0 Å². The topological polar surface area (TPSA) is 77.7 Å². The maximum atomic E-state index is 14.3. The van der Waals surface area contributed by atoms with E-state index >= 15 is 0 Å². The number of hydrogen-bond acceptors (Lipinski definition) is 6. The Bertz CT molecular complexity index is 1020. The summed E-state index contributed by atoms with van der Waals surface area (Å²) in [6.45, 7) is 2.64. The highest BCUT2D eigenvalue weighted by molar-refractivity contribution is 5.97. The molecular formula is C20H20FN3O4. The summed E-state index contributed by atoms with van der Waals surface area (Å²) in [7, 11) is 1.55. The molecule has 1 amide bonds. The van der Waals surface area contributed by atoms with E-state index < -0.39 is 5.82 Å². The Hall–Kier alpha value is -3.16. The fourth-order valence-electron chi connectivity index (χ4n) is 3.34. The molecule has 1 aliphatic heterocycles. The van der Waals surface area contributed by atoms with Crippen LogP contribution in [0.25, 0.3) is 11.0 Å². The van der Waals surface area contributed by atoms with Crippen molar-refractivity contribution in [3.8, 4) is 11.6 Å². The second-order valence-electron chi connectivity index (χ2n) is 6.56. The molecule has 1 saturated heterocycles. The molecule has 3 aromatic rings. The van der Waals surface area contributed by atoms with Gasteiger partial charge in [0.05, 0.1) is 19.3 Å². The first-order valence-corrected chi connectivity index (χ1v) is 9.12. The number of carbonyl (C=O) groups is 1. The largest absolute Gasteiger partial charge is 0.493 e. The number of rotatable bonds is 5. The zero-order valence-corrected chi connectivity index (χ0v) is 15.6. The van der Waals surface area contributed by atoms with Gasteiger partial charge in [-0.1, -0.05) is 19.1 Å². The van der Waals surface area contributed by atoms with Crippen molar-refractivity contribution in [2.24, 2.45) is 0 Å². The highest BCUT2D eigenvalue weighted by Gasteiger charge is 2.31. The van der Waals surface area contributed by atoms with E-state index in [0.29, 0.717) is 43.0 Å². The maximum absolute atomic E-state index is 14.3. The first kappa shape index (κ1) is 18.2. The number of halogens is 1. The van der Waals surface area contributed by atoms with Gasteiger partial charge in [-0.2, -0.15) is 9.37 Å². The molecule has 1 fully saturated rings. The monoisotopic (exact) mass is 385 g/mol. The number of fused-ring (bicyclic) bond motifs is 1. The lowest BCUT2D eigenvalue weighted by Gasteiger charge is -2.16. The van der Waals surface area contributed by atoms with Crippen molar-refractivity contribution in [1.82, 2.24) is 14.9 Å². The van der Waals surface area contributed by atoms with Crippen LogP contribution in [0.5, 0.6) is 11.6 Å². The number of ether oxygens (including phenoxy) is 2. The van der Waals surface area contributed by atoms with Crippen LogP contribution in [0.2, 0.25) is 0 Å². The Kier molecular flexibility index (Phi) is 4.85. The molecular weight excluding hydrogens is 365 g/mol. The molecule has 1 aromatic carbocycles. The summed E-state index contributed by atoms with van der Waals surface area (Å²) >= 11 is 0. The summed E-state index contributed by atoms with van der Waals surface area (Å²) in [4.78, 5) is 22.2. The van der Waals surface area contributed by atoms with E-state index in [1.165, 1.54) is 6.33 Å². The number of furan rings is 1. The Balaban J connectivity index is 1.48. The van der Waals surface area contributed by atoms with Gasteiger partial charge in [0.25, 0.3) is 11.8 Å². The first-order chi connectivity index (χ1) is 13.6. The molecule has 0 spiro atoms. The van der Waals surface area contributed by atoms with Crippen LogP contribution < -0.4 is 9.47 Å². The van der Waals surface area contributed by atoms with Gasteiger partial charge in [-0.05, 0) is 18.6 Å². The lowest BCUT2D eigenvalue weighted by molar-refractivity contribution is 0.0741. The summed E-state index contributed by atoms with van der Waals surface area (Å²) in [6, 6.07) is 7.18. The predicted molar refractivity (Wildman–Crippen MR) is 99.1 cm³/mol. The minimum absolute atomic E-state index is 0.0698. The summed E-state index contributed by atoms with van der Waals surface area (Å²) in [6.07, 6.45) is 1.99. The van der Waals surface area contributed by atoms with Crippen LogP contribution in [0, 0.1) is 5.82 Å². The molecule has 1 aliphatic rings. The van der Waals surface area contributed by atoms with Crippen molar-refractivity contribution in [3.05, 3.63) is 47.9 Å². The lowest BCUT2D eigenvalue weighted by Crippen LogP contribution is -2.30. The number of hydrogen-bond donors (Lipinski definition) is 0. The second kappa shape index (κ2) is 7.46. The Morgan fingerprint density at radius 1 is 1.39 bits per heavy atom. The Morgan fingerprint density at radius 3 is 3.04 bits per heavy atom. The standard InChI is InChI=1S/C20H20FN3O4/c1-3-14-17(21)19(23-11-22-14)27-13-7-8-24(10-13)20(25)16-9-12-5-4-6-15(26-2)18(12)28-16/h4-6,9,11,13H,3,7-8,10H2,1-2H3. The number of amides is 1. The third-order valence-corrected chi connectivity index (χ3v) is 4.81. The number of aryl methyl sites for hydroxylation is 1. The second-order valence-corrected chi connectivity index (χ2v) is 6.56. The Morgan fingerprint density at radius 2 is 2.25 bits per heavy atom. The third kappa shape index (κ3) is 3.26. The minimum Gasteiger partial charge on any atom is -0.493 e. The molecule has 146 valence electrons. The quantitative estimate of drug-likeness (QED) is 0.671. The van der Waals surface area contributed by atoms with Gasteiger partial charge in [0.1, 0.15) is 12.4 Å². The first-order valence-electron chi connectivity index (χ1n) is 9.12. The Labute approximate surface area is 161 Å². The van der Waals surface area contributed by atoms with Gasteiger partial charge in [0, 0.05) is 18.4 Å². The number of nitrogens with zero attached hydrogens (tertiary/aromatic N) is 3. The van der Waals surface area contributed by atoms with Crippen LogP contribution in [0.15, 0.2) is 35.0 Å². The average molecular weight is 385 g/mol. The van der Waals surface area contributed by atoms with Crippen LogP contribution in [-0.4, -0.2) is 47.1 Å². The fraction of sp³-hybridized carbons (Fsp3) is 0.350. The molecule has 1 unspecified atom stereocenters. The molecule has 0 aliphatic carbocycles. The van der Waals surface area contributed by atoms with Crippen LogP contribution in [0.1, 0.15) is 29.6 Å². The molecule has 0 radical (unpaired) electrons. The number of para-hydroxylation sites is 1. The SMILES string of the molecule is CCc1ncnc(OC2CCN(C(=O)c3cc4cccc(OC)c4o3)C2)c1F. The van der Waals surface area contributed by atoms with E-state index in [9.17, 15) is 9.18 Å². The molecule has 3 heterocycles. The predicted octanol–water partition coefficient (Wildman–Crippen LogP) is 3.23. The number of methoxy groups -OCH3 is 1. The van der Waals surface area contributed by atoms with Crippen molar-refractivity contribution in [3.63, 3.8) is 0 Å². The summed E-state index contributed by atoms with van der Waals surface area (Å²) in [5.41, 5.74) is 0.850. The number of likely N-dealkylation sites (tertiary alicyclic amines) is 1. The number of carbonyl (C=O) groups excluding carboxylic acids is 1. The van der Waals surface area contributed by atoms with E-state index in [4.69, 9.17) is 13.9 Å². The average Bonchev–Trinajstić information content (AvgIpc) is 3.35. The van der Waals surface area contributed by atoms with E-state index in [1.807, 2.05) is 19.1 Å². The van der Waals surface area contributed by atoms with Crippen molar-refractivity contribution in [2.75, 3.05) is 20.2 Å². The smallest absolute Gasteiger partial charge is 0.289 e. The van der Waals surface area contributed by atoms with Gasteiger partial charge < -0.3 is 18.8 Å². The highest BCUT2D eigenvalue weighted by atomic mass is 19.1. The molecule has 1 atom stereocenters.